The lowest BCUT2D eigenvalue weighted by Crippen LogP contribution is -2.22. The minimum absolute atomic E-state index is 0.279. The molecule has 0 fully saturated rings. The summed E-state index contributed by atoms with van der Waals surface area (Å²) in [5.74, 6) is -0.892. The summed E-state index contributed by atoms with van der Waals surface area (Å²) in [6, 6.07) is 5.82. The third-order valence-electron chi connectivity index (χ3n) is 4.57. The largest absolute Gasteiger partial charge is 0.365 e. The maximum absolute atomic E-state index is 14.0. The molecule has 1 aliphatic carbocycles. The first-order valence-electron chi connectivity index (χ1n) is 8.26. The van der Waals surface area contributed by atoms with Gasteiger partial charge in [-0.3, -0.25) is 14.8 Å². The summed E-state index contributed by atoms with van der Waals surface area (Å²) in [6.45, 7) is 0.317. The fraction of sp³-hybridized carbons (Fsp3) is 0.167. The molecule has 2 heterocycles. The quantitative estimate of drug-likeness (QED) is 0.640. The number of rotatable bonds is 4. The number of hydrogen-bond donors (Lipinski definition) is 3. The lowest BCUT2D eigenvalue weighted by molar-refractivity contribution is 0.100. The molecule has 0 saturated heterocycles. The van der Waals surface area contributed by atoms with Crippen molar-refractivity contribution in [3.8, 4) is 10.4 Å². The van der Waals surface area contributed by atoms with Crippen molar-refractivity contribution in [2.75, 3.05) is 5.32 Å². The van der Waals surface area contributed by atoms with Crippen LogP contribution >= 0.6 is 11.3 Å². The van der Waals surface area contributed by atoms with Crippen molar-refractivity contribution >= 4 is 28.3 Å². The topological polar surface area (TPSA) is 116 Å². The summed E-state index contributed by atoms with van der Waals surface area (Å²) in [7, 11) is 0. The molecule has 5 N–H and O–H groups in total. The highest BCUT2D eigenvalue weighted by molar-refractivity contribution is 7.20. The van der Waals surface area contributed by atoms with Crippen molar-refractivity contribution in [1.82, 2.24) is 9.78 Å². The van der Waals surface area contributed by atoms with Crippen LogP contribution in [0.1, 0.15) is 27.2 Å². The van der Waals surface area contributed by atoms with Gasteiger partial charge in [-0.25, -0.2) is 9.18 Å². The number of nitrogens with two attached hydrogens (primary N) is 2. The molecule has 1 aromatic carbocycles. The molecule has 0 spiro atoms. The first-order chi connectivity index (χ1) is 13.0. The van der Waals surface area contributed by atoms with E-state index in [-0.39, 0.29) is 5.82 Å². The molecular formula is C18H16FN5O2S. The van der Waals surface area contributed by atoms with E-state index in [0.717, 1.165) is 21.7 Å². The van der Waals surface area contributed by atoms with Crippen LogP contribution < -0.4 is 16.8 Å². The Kier molecular flexibility index (Phi) is 4.15. The van der Waals surface area contributed by atoms with E-state index in [9.17, 15) is 14.0 Å². The van der Waals surface area contributed by atoms with Crippen molar-refractivity contribution in [1.29, 1.82) is 0 Å². The Balaban J connectivity index is 1.77. The summed E-state index contributed by atoms with van der Waals surface area (Å²) in [5, 5.41) is 7.23. The maximum Gasteiger partial charge on any atom is 0.317 e. The summed E-state index contributed by atoms with van der Waals surface area (Å²) in [5.41, 5.74) is 14.2. The summed E-state index contributed by atoms with van der Waals surface area (Å²) < 4.78 is 15.7. The van der Waals surface area contributed by atoms with Crippen LogP contribution in [-0.2, 0) is 19.4 Å². The second-order valence-corrected chi connectivity index (χ2v) is 7.24. The molecule has 4 rings (SSSR count). The number of fused-ring (bicyclic) bond motifs is 3. The zero-order chi connectivity index (χ0) is 19.1. The number of aromatic nitrogens is 2. The number of urea groups is 1. The molecule has 0 unspecified atom stereocenters. The van der Waals surface area contributed by atoms with Crippen molar-refractivity contribution < 1.29 is 14.0 Å². The van der Waals surface area contributed by atoms with E-state index in [2.05, 4.69) is 10.4 Å². The minimum Gasteiger partial charge on any atom is -0.365 e. The molecule has 3 amide bonds. The van der Waals surface area contributed by atoms with Gasteiger partial charge in [0.15, 0.2) is 0 Å². The second-order valence-electron chi connectivity index (χ2n) is 6.22. The molecule has 0 saturated carbocycles. The zero-order valence-corrected chi connectivity index (χ0v) is 15.0. The lowest BCUT2D eigenvalue weighted by atomic mass is 9.93. The molecule has 7 nitrogen and oxygen atoms in total. The van der Waals surface area contributed by atoms with Gasteiger partial charge in [0.2, 0.25) is 0 Å². The number of carbonyl (C=O) groups excluding carboxylic acids is 2. The average molecular weight is 385 g/mol. The second kappa shape index (κ2) is 6.51. The molecule has 9 heteroatoms. The van der Waals surface area contributed by atoms with Crippen LogP contribution in [-0.4, -0.2) is 21.7 Å². The number of hydrogen-bond acceptors (Lipinski definition) is 4. The molecule has 27 heavy (non-hydrogen) atoms. The summed E-state index contributed by atoms with van der Waals surface area (Å²) in [6.07, 6.45) is 2.90. The highest BCUT2D eigenvalue weighted by atomic mass is 32.1. The number of carbonyl (C=O) groups is 2. The van der Waals surface area contributed by atoms with Gasteiger partial charge >= 0.3 is 6.03 Å². The zero-order valence-electron chi connectivity index (χ0n) is 14.2. The van der Waals surface area contributed by atoms with Gasteiger partial charge in [-0.2, -0.15) is 5.10 Å². The molecule has 2 aromatic heterocycles. The Hall–Kier alpha value is -3.20. The number of primary amides is 2. The van der Waals surface area contributed by atoms with Crippen molar-refractivity contribution in [3.63, 3.8) is 0 Å². The molecule has 1 aliphatic rings. The van der Waals surface area contributed by atoms with Gasteiger partial charge in [0, 0.05) is 21.7 Å². The standard InChI is InChI=1S/C18H16FN5O2S/c19-12-4-2-1-3-9(12)8-24-13-6-5-10-14(16(20)25)17(23-18(21)26)27-15(10)11(13)7-22-24/h1-4,7H,5-6,8H2,(H2,20,25)(H3,21,23,26). The molecule has 0 bridgehead atoms. The molecule has 0 radical (unpaired) electrons. The SMILES string of the molecule is NC(=O)Nc1sc2c(c1C(N)=O)CCc1c-2cnn1Cc1ccccc1F. The predicted octanol–water partition coefficient (Wildman–Crippen LogP) is 2.49. The highest BCUT2D eigenvalue weighted by Gasteiger charge is 2.30. The number of nitrogens with one attached hydrogen (secondary N) is 1. The fourth-order valence-corrected chi connectivity index (χ4v) is 4.70. The number of anilines is 1. The van der Waals surface area contributed by atoms with Gasteiger partial charge < -0.3 is 11.5 Å². The smallest absolute Gasteiger partial charge is 0.317 e. The highest BCUT2D eigenvalue weighted by Crippen LogP contribution is 2.45. The Bertz CT molecular complexity index is 1070. The number of halogens is 1. The Labute approximate surface area is 157 Å². The molecular weight excluding hydrogens is 369 g/mol. The van der Waals surface area contributed by atoms with E-state index in [1.807, 2.05) is 0 Å². The van der Waals surface area contributed by atoms with E-state index in [0.29, 0.717) is 35.5 Å². The lowest BCUT2D eigenvalue weighted by Gasteiger charge is -2.15. The van der Waals surface area contributed by atoms with Crippen molar-refractivity contribution in [3.05, 3.63) is 58.7 Å². The number of nitrogens with zero attached hydrogens (tertiary/aromatic N) is 2. The minimum atomic E-state index is -0.758. The van der Waals surface area contributed by atoms with Crippen LogP contribution in [0.4, 0.5) is 14.2 Å². The Morgan fingerprint density at radius 3 is 2.74 bits per heavy atom. The van der Waals surface area contributed by atoms with Crippen LogP contribution in [0, 0.1) is 5.82 Å². The van der Waals surface area contributed by atoms with E-state index in [1.165, 1.54) is 17.4 Å². The van der Waals surface area contributed by atoms with Crippen LogP contribution in [0.3, 0.4) is 0 Å². The number of thiophene rings is 1. The average Bonchev–Trinajstić information content (AvgIpc) is 3.17. The third-order valence-corrected chi connectivity index (χ3v) is 5.75. The normalized spacial score (nSPS) is 12.3. The Morgan fingerprint density at radius 1 is 1.26 bits per heavy atom. The molecule has 0 atom stereocenters. The predicted molar refractivity (Wildman–Crippen MR) is 100 cm³/mol. The molecule has 138 valence electrons. The molecule has 3 aromatic rings. The van der Waals surface area contributed by atoms with Crippen LogP contribution in [0.5, 0.6) is 0 Å². The van der Waals surface area contributed by atoms with Gasteiger partial charge in [-0.05, 0) is 24.5 Å². The first kappa shape index (κ1) is 17.2. The van der Waals surface area contributed by atoms with E-state index >= 15 is 0 Å². The van der Waals surface area contributed by atoms with Crippen molar-refractivity contribution in [2.24, 2.45) is 11.5 Å². The first-order valence-corrected chi connectivity index (χ1v) is 9.07. The van der Waals surface area contributed by atoms with Crippen LogP contribution in [0.2, 0.25) is 0 Å². The van der Waals surface area contributed by atoms with Crippen molar-refractivity contribution in [2.45, 2.75) is 19.4 Å². The number of amides is 3. The van der Waals surface area contributed by atoms with Crippen LogP contribution in [0.25, 0.3) is 10.4 Å². The maximum atomic E-state index is 14.0. The van der Waals surface area contributed by atoms with Gasteiger partial charge in [0.25, 0.3) is 5.91 Å². The van der Waals surface area contributed by atoms with E-state index < -0.39 is 11.9 Å². The summed E-state index contributed by atoms with van der Waals surface area (Å²) >= 11 is 1.24. The van der Waals surface area contributed by atoms with Gasteiger partial charge in [0.1, 0.15) is 10.8 Å². The number of benzene rings is 1. The fourth-order valence-electron chi connectivity index (χ4n) is 3.41. The van der Waals surface area contributed by atoms with Gasteiger partial charge in [-0.15, -0.1) is 11.3 Å². The van der Waals surface area contributed by atoms with Gasteiger partial charge in [0.05, 0.1) is 18.3 Å². The Morgan fingerprint density at radius 2 is 2.04 bits per heavy atom. The monoisotopic (exact) mass is 385 g/mol. The van der Waals surface area contributed by atoms with Gasteiger partial charge in [-0.1, -0.05) is 18.2 Å². The summed E-state index contributed by atoms with van der Waals surface area (Å²) in [4.78, 5) is 24.0. The van der Waals surface area contributed by atoms with Crippen LogP contribution in [0.15, 0.2) is 30.5 Å². The van der Waals surface area contributed by atoms with E-state index in [1.54, 1.807) is 29.1 Å². The van der Waals surface area contributed by atoms with E-state index in [4.69, 9.17) is 11.5 Å². The molecule has 0 aliphatic heterocycles. The third kappa shape index (κ3) is 2.95.